The summed E-state index contributed by atoms with van der Waals surface area (Å²) < 4.78 is 0. The number of likely N-dealkylation sites (tertiary alicyclic amines) is 1. The van der Waals surface area contributed by atoms with E-state index in [0.717, 1.165) is 6.42 Å². The molecule has 1 atom stereocenters. The standard InChI is InChI=1S/C17H24N2O3/c1-17(2,10-13-6-4-3-5-7-13)12-18-16(22)19-9-8-14(11-19)15(20)21/h3-7,14H,8-12H2,1-2H3,(H,18,22)(H,20,21). The lowest BCUT2D eigenvalue weighted by Gasteiger charge is -2.27. The van der Waals surface area contributed by atoms with Crippen LogP contribution in [0.3, 0.4) is 0 Å². The molecule has 120 valence electrons. The van der Waals surface area contributed by atoms with Gasteiger partial charge >= 0.3 is 12.0 Å². The third-order valence-electron chi connectivity index (χ3n) is 4.07. The lowest BCUT2D eigenvalue weighted by atomic mass is 9.86. The number of aliphatic carboxylic acids is 1. The van der Waals surface area contributed by atoms with Crippen LogP contribution in [0.1, 0.15) is 25.8 Å². The Bertz CT molecular complexity index is 528. The van der Waals surface area contributed by atoms with Crippen LogP contribution in [0.4, 0.5) is 4.79 Å². The number of urea groups is 1. The first-order valence-corrected chi connectivity index (χ1v) is 7.67. The summed E-state index contributed by atoms with van der Waals surface area (Å²) in [6, 6.07) is 10.0. The van der Waals surface area contributed by atoms with Crippen LogP contribution in [-0.2, 0) is 11.2 Å². The Balaban J connectivity index is 1.81. The normalized spacial score (nSPS) is 18.3. The summed E-state index contributed by atoms with van der Waals surface area (Å²) in [6.07, 6.45) is 1.42. The van der Waals surface area contributed by atoms with E-state index in [4.69, 9.17) is 5.11 Å². The topological polar surface area (TPSA) is 69.6 Å². The Morgan fingerprint density at radius 3 is 2.59 bits per heavy atom. The van der Waals surface area contributed by atoms with Crippen molar-refractivity contribution >= 4 is 12.0 Å². The van der Waals surface area contributed by atoms with E-state index in [9.17, 15) is 9.59 Å². The maximum absolute atomic E-state index is 12.1. The molecule has 1 aliphatic heterocycles. The molecule has 2 N–H and O–H groups in total. The summed E-state index contributed by atoms with van der Waals surface area (Å²) in [4.78, 5) is 24.7. The summed E-state index contributed by atoms with van der Waals surface area (Å²) >= 11 is 0. The van der Waals surface area contributed by atoms with E-state index in [1.165, 1.54) is 5.56 Å². The average Bonchev–Trinajstić information content (AvgIpc) is 2.95. The van der Waals surface area contributed by atoms with E-state index < -0.39 is 11.9 Å². The fourth-order valence-electron chi connectivity index (χ4n) is 2.78. The number of rotatable bonds is 5. The molecule has 1 aliphatic rings. The molecule has 1 unspecified atom stereocenters. The van der Waals surface area contributed by atoms with Crippen LogP contribution in [0.2, 0.25) is 0 Å². The minimum atomic E-state index is -0.820. The van der Waals surface area contributed by atoms with Gasteiger partial charge in [0.05, 0.1) is 5.92 Å². The van der Waals surface area contributed by atoms with Crippen molar-refractivity contribution in [3.63, 3.8) is 0 Å². The first-order valence-electron chi connectivity index (χ1n) is 7.67. The second kappa shape index (κ2) is 6.81. The molecule has 1 fully saturated rings. The number of hydrogen-bond acceptors (Lipinski definition) is 2. The SMILES string of the molecule is CC(C)(CNC(=O)N1CCC(C(=O)O)C1)Cc1ccccc1. The Morgan fingerprint density at radius 1 is 1.32 bits per heavy atom. The van der Waals surface area contributed by atoms with E-state index in [-0.39, 0.29) is 11.4 Å². The molecule has 22 heavy (non-hydrogen) atoms. The van der Waals surface area contributed by atoms with Crippen molar-refractivity contribution in [2.24, 2.45) is 11.3 Å². The second-order valence-electron chi connectivity index (χ2n) is 6.76. The van der Waals surface area contributed by atoms with E-state index in [2.05, 4.69) is 31.3 Å². The molecule has 0 radical (unpaired) electrons. The van der Waals surface area contributed by atoms with Gasteiger partial charge in [-0.15, -0.1) is 0 Å². The van der Waals surface area contributed by atoms with Gasteiger partial charge in [0.25, 0.3) is 0 Å². The van der Waals surface area contributed by atoms with E-state index in [1.807, 2.05) is 18.2 Å². The number of carboxylic acid groups (broad SMARTS) is 1. The highest BCUT2D eigenvalue weighted by Crippen LogP contribution is 2.21. The van der Waals surface area contributed by atoms with Gasteiger partial charge in [-0.1, -0.05) is 44.2 Å². The van der Waals surface area contributed by atoms with Crippen molar-refractivity contribution in [2.45, 2.75) is 26.7 Å². The smallest absolute Gasteiger partial charge is 0.317 e. The van der Waals surface area contributed by atoms with E-state index >= 15 is 0 Å². The van der Waals surface area contributed by atoms with Crippen molar-refractivity contribution in [1.82, 2.24) is 10.2 Å². The van der Waals surface area contributed by atoms with Gasteiger partial charge in [0, 0.05) is 19.6 Å². The monoisotopic (exact) mass is 304 g/mol. The summed E-state index contributed by atoms with van der Waals surface area (Å²) in [7, 11) is 0. The Hall–Kier alpha value is -2.04. The van der Waals surface area contributed by atoms with Crippen LogP contribution in [0.25, 0.3) is 0 Å². The highest BCUT2D eigenvalue weighted by molar-refractivity contribution is 5.77. The summed E-state index contributed by atoms with van der Waals surface area (Å²) in [5.41, 5.74) is 1.19. The first-order chi connectivity index (χ1) is 10.4. The molecule has 2 rings (SSSR count). The van der Waals surface area contributed by atoms with Crippen LogP contribution in [-0.4, -0.2) is 41.6 Å². The number of carbonyl (C=O) groups is 2. The number of amides is 2. The molecule has 1 aromatic carbocycles. The van der Waals surface area contributed by atoms with Crippen LogP contribution >= 0.6 is 0 Å². The number of carbonyl (C=O) groups excluding carboxylic acids is 1. The van der Waals surface area contributed by atoms with Crippen molar-refractivity contribution in [1.29, 1.82) is 0 Å². The quantitative estimate of drug-likeness (QED) is 0.877. The van der Waals surface area contributed by atoms with Gasteiger partial charge in [-0.05, 0) is 23.8 Å². The third kappa shape index (κ3) is 4.48. The fourth-order valence-corrected chi connectivity index (χ4v) is 2.78. The van der Waals surface area contributed by atoms with Crippen molar-refractivity contribution < 1.29 is 14.7 Å². The summed E-state index contributed by atoms with van der Waals surface area (Å²) in [5.74, 6) is -1.25. The Morgan fingerprint density at radius 2 is 2.00 bits per heavy atom. The maximum Gasteiger partial charge on any atom is 0.317 e. The lowest BCUT2D eigenvalue weighted by Crippen LogP contribution is -2.43. The second-order valence-corrected chi connectivity index (χ2v) is 6.76. The molecule has 0 spiro atoms. The minimum absolute atomic E-state index is 0.0526. The summed E-state index contributed by atoms with van der Waals surface area (Å²) in [6.45, 7) is 5.62. The average molecular weight is 304 g/mol. The van der Waals surface area contributed by atoms with Crippen LogP contribution in [0.5, 0.6) is 0 Å². The fraction of sp³-hybridized carbons (Fsp3) is 0.529. The van der Waals surface area contributed by atoms with Gasteiger partial charge in [0.1, 0.15) is 0 Å². The molecule has 0 aromatic heterocycles. The molecular weight excluding hydrogens is 280 g/mol. The summed E-state index contributed by atoms with van der Waals surface area (Å²) in [5, 5.41) is 11.9. The number of carboxylic acids is 1. The van der Waals surface area contributed by atoms with Gasteiger partial charge in [0.15, 0.2) is 0 Å². The Labute approximate surface area is 131 Å². The largest absolute Gasteiger partial charge is 0.481 e. The van der Waals surface area contributed by atoms with Crippen molar-refractivity contribution in [3.8, 4) is 0 Å². The van der Waals surface area contributed by atoms with E-state index in [0.29, 0.717) is 26.1 Å². The first kappa shape index (κ1) is 16.3. The molecule has 2 amide bonds. The number of benzene rings is 1. The van der Waals surface area contributed by atoms with E-state index in [1.54, 1.807) is 4.90 Å². The highest BCUT2D eigenvalue weighted by Gasteiger charge is 2.31. The molecular formula is C17H24N2O3. The van der Waals surface area contributed by atoms with Gasteiger partial charge < -0.3 is 15.3 Å². The van der Waals surface area contributed by atoms with Crippen LogP contribution < -0.4 is 5.32 Å². The molecule has 0 saturated carbocycles. The molecule has 1 heterocycles. The van der Waals surface area contributed by atoms with Gasteiger partial charge in [-0.3, -0.25) is 4.79 Å². The Kier molecular flexibility index (Phi) is 5.06. The zero-order valence-electron chi connectivity index (χ0n) is 13.2. The minimum Gasteiger partial charge on any atom is -0.481 e. The molecule has 1 aromatic rings. The van der Waals surface area contributed by atoms with Gasteiger partial charge in [0.2, 0.25) is 0 Å². The van der Waals surface area contributed by atoms with Crippen molar-refractivity contribution in [2.75, 3.05) is 19.6 Å². The molecule has 5 nitrogen and oxygen atoms in total. The molecule has 5 heteroatoms. The number of nitrogens with zero attached hydrogens (tertiary/aromatic N) is 1. The van der Waals surface area contributed by atoms with Gasteiger partial charge in [-0.25, -0.2) is 4.79 Å². The molecule has 0 aliphatic carbocycles. The highest BCUT2D eigenvalue weighted by atomic mass is 16.4. The predicted octanol–water partition coefficient (Wildman–Crippen LogP) is 2.37. The third-order valence-corrected chi connectivity index (χ3v) is 4.07. The van der Waals surface area contributed by atoms with Crippen molar-refractivity contribution in [3.05, 3.63) is 35.9 Å². The number of hydrogen-bond donors (Lipinski definition) is 2. The number of nitrogens with one attached hydrogen (secondary N) is 1. The zero-order valence-corrected chi connectivity index (χ0v) is 13.2. The van der Waals surface area contributed by atoms with Gasteiger partial charge in [-0.2, -0.15) is 0 Å². The molecule has 1 saturated heterocycles. The molecule has 0 bridgehead atoms. The predicted molar refractivity (Wildman–Crippen MR) is 84.6 cm³/mol. The maximum atomic E-state index is 12.1. The zero-order chi connectivity index (χ0) is 16.2. The lowest BCUT2D eigenvalue weighted by molar-refractivity contribution is -0.141. The van der Waals surface area contributed by atoms with Crippen LogP contribution in [0, 0.1) is 11.3 Å². The van der Waals surface area contributed by atoms with Crippen LogP contribution in [0.15, 0.2) is 30.3 Å².